The van der Waals surface area contributed by atoms with Crippen molar-refractivity contribution in [2.24, 2.45) is 0 Å². The molecule has 0 amide bonds. The van der Waals surface area contributed by atoms with Gasteiger partial charge in [-0.15, -0.1) is 0 Å². The van der Waals surface area contributed by atoms with Crippen molar-refractivity contribution in [3.63, 3.8) is 0 Å². The summed E-state index contributed by atoms with van der Waals surface area (Å²) < 4.78 is 6.09. The Balaban J connectivity index is 1.80. The Hall–Kier alpha value is -3.06. The molecule has 0 radical (unpaired) electrons. The van der Waals surface area contributed by atoms with Gasteiger partial charge in [-0.2, -0.15) is 0 Å². The number of para-hydroxylation sites is 1. The van der Waals surface area contributed by atoms with E-state index in [1.165, 1.54) is 43.8 Å². The van der Waals surface area contributed by atoms with E-state index in [1.54, 1.807) is 0 Å². The third-order valence-electron chi connectivity index (χ3n) is 6.03. The third-order valence-corrected chi connectivity index (χ3v) is 6.03. The van der Waals surface area contributed by atoms with E-state index in [9.17, 15) is 0 Å². The van der Waals surface area contributed by atoms with Gasteiger partial charge in [-0.05, 0) is 51.2 Å². The van der Waals surface area contributed by atoms with Crippen LogP contribution in [0.4, 0.5) is 0 Å². The van der Waals surface area contributed by atoms with Crippen molar-refractivity contribution in [2.45, 2.75) is 19.3 Å². The average Bonchev–Trinajstić information content (AvgIpc) is 3.13. The van der Waals surface area contributed by atoms with Gasteiger partial charge in [0.2, 0.25) is 0 Å². The molecule has 0 aliphatic heterocycles. The standard InChI is InChI=1S/C25H18O/c1-25(2)21-9-5-3-7-16(21)18-12-11-15-13-23-20(14-19(15)24(18)25)17-8-4-6-10-22(17)26-23/h3-14H,1-2H3. The molecular weight excluding hydrogens is 316 g/mol. The molecule has 0 saturated carbocycles. The van der Waals surface area contributed by atoms with Crippen LogP contribution in [0.2, 0.25) is 0 Å². The Kier molecular flexibility index (Phi) is 2.48. The number of fused-ring (bicyclic) bond motifs is 8. The molecule has 0 fully saturated rings. The maximum absolute atomic E-state index is 6.09. The van der Waals surface area contributed by atoms with Gasteiger partial charge < -0.3 is 4.42 Å². The largest absolute Gasteiger partial charge is 0.456 e. The molecule has 1 nitrogen and oxygen atoms in total. The predicted octanol–water partition coefficient (Wildman–Crippen LogP) is 7.05. The highest BCUT2D eigenvalue weighted by Crippen LogP contribution is 2.51. The van der Waals surface area contributed by atoms with E-state index in [-0.39, 0.29) is 5.41 Å². The molecule has 0 spiro atoms. The molecule has 6 rings (SSSR count). The number of hydrogen-bond donors (Lipinski definition) is 0. The normalized spacial score (nSPS) is 14.8. The molecule has 0 N–H and O–H groups in total. The van der Waals surface area contributed by atoms with Crippen LogP contribution in [-0.4, -0.2) is 0 Å². The average molecular weight is 334 g/mol. The summed E-state index contributed by atoms with van der Waals surface area (Å²) in [7, 11) is 0. The second-order valence-corrected chi connectivity index (χ2v) is 7.83. The van der Waals surface area contributed by atoms with Crippen LogP contribution in [0.15, 0.2) is 77.2 Å². The summed E-state index contributed by atoms with van der Waals surface area (Å²) in [6.07, 6.45) is 0. The number of hydrogen-bond acceptors (Lipinski definition) is 1. The maximum Gasteiger partial charge on any atom is 0.136 e. The number of benzene rings is 4. The van der Waals surface area contributed by atoms with Gasteiger partial charge in [0.25, 0.3) is 0 Å². The minimum absolute atomic E-state index is 0.00134. The lowest BCUT2D eigenvalue weighted by molar-refractivity contribution is 0.665. The topological polar surface area (TPSA) is 13.1 Å². The minimum atomic E-state index is -0.00134. The van der Waals surface area contributed by atoms with Gasteiger partial charge in [0.1, 0.15) is 11.2 Å². The Morgan fingerprint density at radius 1 is 0.654 bits per heavy atom. The molecule has 26 heavy (non-hydrogen) atoms. The summed E-state index contributed by atoms with van der Waals surface area (Å²) in [6.45, 7) is 4.68. The van der Waals surface area contributed by atoms with Gasteiger partial charge in [0.05, 0.1) is 0 Å². The van der Waals surface area contributed by atoms with Crippen LogP contribution in [0.3, 0.4) is 0 Å². The van der Waals surface area contributed by atoms with E-state index in [2.05, 4.69) is 74.5 Å². The van der Waals surface area contributed by atoms with Gasteiger partial charge in [0.15, 0.2) is 0 Å². The summed E-state index contributed by atoms with van der Waals surface area (Å²) in [6, 6.07) is 26.2. The van der Waals surface area contributed by atoms with E-state index >= 15 is 0 Å². The Bertz CT molecular complexity index is 1350. The molecule has 1 aliphatic rings. The second-order valence-electron chi connectivity index (χ2n) is 7.83. The Morgan fingerprint density at radius 2 is 1.46 bits per heavy atom. The lowest BCUT2D eigenvalue weighted by Crippen LogP contribution is -2.15. The van der Waals surface area contributed by atoms with E-state index in [0.29, 0.717) is 0 Å². The zero-order valence-corrected chi connectivity index (χ0v) is 14.8. The minimum Gasteiger partial charge on any atom is -0.456 e. The molecule has 0 atom stereocenters. The summed E-state index contributed by atoms with van der Waals surface area (Å²) in [5, 5.41) is 4.97. The summed E-state index contributed by atoms with van der Waals surface area (Å²) in [5.74, 6) is 0. The molecule has 0 saturated heterocycles. The molecule has 0 unspecified atom stereocenters. The van der Waals surface area contributed by atoms with Gasteiger partial charge >= 0.3 is 0 Å². The molecule has 1 aromatic heterocycles. The molecule has 0 bridgehead atoms. The SMILES string of the molecule is CC1(C)c2ccccc2-c2ccc3cc4oc5ccccc5c4cc3c21. The van der Waals surface area contributed by atoms with Gasteiger partial charge in [0, 0.05) is 16.2 Å². The molecule has 1 heteroatoms. The van der Waals surface area contributed by atoms with E-state index in [1.807, 2.05) is 12.1 Å². The van der Waals surface area contributed by atoms with Crippen molar-refractivity contribution >= 4 is 32.7 Å². The van der Waals surface area contributed by atoms with Gasteiger partial charge in [-0.3, -0.25) is 0 Å². The van der Waals surface area contributed by atoms with Crippen LogP contribution in [0.25, 0.3) is 43.8 Å². The molecule has 1 heterocycles. The highest BCUT2D eigenvalue weighted by Gasteiger charge is 2.36. The lowest BCUT2D eigenvalue weighted by Gasteiger charge is -2.23. The molecule has 1 aliphatic carbocycles. The van der Waals surface area contributed by atoms with Crippen molar-refractivity contribution in [1.29, 1.82) is 0 Å². The van der Waals surface area contributed by atoms with Crippen LogP contribution in [0.5, 0.6) is 0 Å². The van der Waals surface area contributed by atoms with Crippen molar-refractivity contribution in [3.05, 3.63) is 83.9 Å². The fourth-order valence-electron chi connectivity index (χ4n) is 4.84. The van der Waals surface area contributed by atoms with Gasteiger partial charge in [-0.25, -0.2) is 0 Å². The molecule has 4 aromatic carbocycles. The monoisotopic (exact) mass is 334 g/mol. The quantitative estimate of drug-likeness (QED) is 0.296. The van der Waals surface area contributed by atoms with Crippen LogP contribution < -0.4 is 0 Å². The molecule has 5 aromatic rings. The van der Waals surface area contributed by atoms with E-state index in [0.717, 1.165) is 11.2 Å². The van der Waals surface area contributed by atoms with Crippen molar-refractivity contribution in [2.75, 3.05) is 0 Å². The molecule has 124 valence electrons. The van der Waals surface area contributed by atoms with Crippen LogP contribution in [0, 0.1) is 0 Å². The Morgan fingerprint density at radius 3 is 2.38 bits per heavy atom. The molecular formula is C25H18O. The lowest BCUT2D eigenvalue weighted by atomic mass is 9.80. The maximum atomic E-state index is 6.09. The fraction of sp³-hybridized carbons (Fsp3) is 0.120. The Labute approximate surface area is 151 Å². The smallest absolute Gasteiger partial charge is 0.136 e. The first-order valence-corrected chi connectivity index (χ1v) is 9.13. The highest BCUT2D eigenvalue weighted by atomic mass is 16.3. The van der Waals surface area contributed by atoms with E-state index in [4.69, 9.17) is 4.42 Å². The second kappa shape index (κ2) is 4.56. The first-order chi connectivity index (χ1) is 12.6. The summed E-state index contributed by atoms with van der Waals surface area (Å²) >= 11 is 0. The zero-order chi connectivity index (χ0) is 17.5. The fourth-order valence-corrected chi connectivity index (χ4v) is 4.84. The predicted molar refractivity (Wildman–Crippen MR) is 109 cm³/mol. The zero-order valence-electron chi connectivity index (χ0n) is 14.8. The first-order valence-electron chi connectivity index (χ1n) is 9.13. The summed E-state index contributed by atoms with van der Waals surface area (Å²) in [5.41, 5.74) is 7.50. The van der Waals surface area contributed by atoms with Crippen molar-refractivity contribution in [1.82, 2.24) is 0 Å². The highest BCUT2D eigenvalue weighted by molar-refractivity contribution is 6.12. The summed E-state index contributed by atoms with van der Waals surface area (Å²) in [4.78, 5) is 0. The number of rotatable bonds is 0. The van der Waals surface area contributed by atoms with Crippen LogP contribution in [-0.2, 0) is 5.41 Å². The van der Waals surface area contributed by atoms with Crippen molar-refractivity contribution < 1.29 is 4.42 Å². The number of furan rings is 1. The van der Waals surface area contributed by atoms with E-state index < -0.39 is 0 Å². The third kappa shape index (κ3) is 1.61. The van der Waals surface area contributed by atoms with Crippen LogP contribution in [0.1, 0.15) is 25.0 Å². The van der Waals surface area contributed by atoms with Gasteiger partial charge in [-0.1, -0.05) is 68.4 Å². The van der Waals surface area contributed by atoms with Crippen molar-refractivity contribution in [3.8, 4) is 11.1 Å². The van der Waals surface area contributed by atoms with Crippen LogP contribution >= 0.6 is 0 Å². The first kappa shape index (κ1) is 14.1.